The Morgan fingerprint density at radius 1 is 1.44 bits per heavy atom. The topological polar surface area (TPSA) is 32.7 Å². The highest BCUT2D eigenvalue weighted by atomic mass is 16.2. The van der Waals surface area contributed by atoms with Crippen molar-refractivity contribution < 1.29 is 4.79 Å². The highest BCUT2D eigenvalue weighted by Crippen LogP contribution is 2.27. The molecule has 2 atom stereocenters. The van der Waals surface area contributed by atoms with Crippen molar-refractivity contribution in [3.63, 3.8) is 0 Å². The summed E-state index contributed by atoms with van der Waals surface area (Å²) >= 11 is 0. The van der Waals surface area contributed by atoms with Gasteiger partial charge in [0.15, 0.2) is 0 Å². The van der Waals surface area contributed by atoms with Crippen molar-refractivity contribution in [2.45, 2.75) is 58.4 Å². The maximum Gasteiger partial charge on any atom is 0.222 e. The van der Waals surface area contributed by atoms with Crippen molar-refractivity contribution in [2.75, 3.05) is 6.54 Å². The Bertz CT molecular complexity index is 360. The zero-order valence-electron chi connectivity index (χ0n) is 11.6. The molecule has 2 heterocycles. The molecule has 3 nitrogen and oxygen atoms in total. The number of hydrogen-bond acceptors (Lipinski definition) is 2. The molecule has 2 rings (SSSR count). The number of amides is 1. The first-order chi connectivity index (χ1) is 8.72. The van der Waals surface area contributed by atoms with E-state index >= 15 is 0 Å². The number of nitrogens with zero attached hydrogens (tertiary/aromatic N) is 2. The molecule has 0 radical (unpaired) electrons. The Balaban J connectivity index is 1.95. The number of likely N-dealkylation sites (tertiary alicyclic amines) is 1. The van der Waals surface area contributed by atoms with Crippen LogP contribution >= 0.6 is 0 Å². The first-order valence-corrected chi connectivity index (χ1v) is 7.24. The van der Waals surface area contributed by atoms with Crippen LogP contribution in [0.2, 0.25) is 0 Å². The molecule has 0 spiro atoms. The van der Waals surface area contributed by atoms with E-state index in [1.165, 1.54) is 5.70 Å². The van der Waals surface area contributed by atoms with Crippen LogP contribution in [0.1, 0.15) is 52.4 Å². The number of carbonyl (C=O) groups excluding carboxylic acids is 1. The normalized spacial score (nSPS) is 23.1. The van der Waals surface area contributed by atoms with Crippen LogP contribution in [-0.2, 0) is 4.79 Å². The summed E-state index contributed by atoms with van der Waals surface area (Å²) in [5, 5.41) is 0. The highest BCUT2D eigenvalue weighted by molar-refractivity contribution is 5.78. The number of allylic oxidation sites excluding steroid dienone is 2. The lowest BCUT2D eigenvalue weighted by atomic mass is 9.92. The van der Waals surface area contributed by atoms with E-state index in [4.69, 9.17) is 0 Å². The van der Waals surface area contributed by atoms with Crippen LogP contribution in [0, 0.1) is 5.92 Å². The molecule has 1 amide bonds. The zero-order chi connectivity index (χ0) is 13.0. The second-order valence-corrected chi connectivity index (χ2v) is 5.40. The minimum atomic E-state index is 0.332. The molecule has 18 heavy (non-hydrogen) atoms. The van der Waals surface area contributed by atoms with E-state index in [2.05, 4.69) is 29.8 Å². The molecule has 2 unspecified atom stereocenters. The Morgan fingerprint density at radius 3 is 2.83 bits per heavy atom. The molecule has 100 valence electrons. The van der Waals surface area contributed by atoms with E-state index in [-0.39, 0.29) is 0 Å². The first kappa shape index (κ1) is 13.3. The number of aliphatic imine (C=N–C) groups is 1. The van der Waals surface area contributed by atoms with Crippen LogP contribution in [0.25, 0.3) is 0 Å². The summed E-state index contributed by atoms with van der Waals surface area (Å²) in [7, 11) is 0. The fraction of sp³-hybridized carbons (Fsp3) is 0.733. The average molecular weight is 248 g/mol. The molecule has 2 aliphatic rings. The Labute approximate surface area is 110 Å². The summed E-state index contributed by atoms with van der Waals surface area (Å²) in [5.74, 6) is 0.837. The van der Waals surface area contributed by atoms with E-state index in [0.717, 1.165) is 45.1 Å². The van der Waals surface area contributed by atoms with Gasteiger partial charge in [-0.1, -0.05) is 13.0 Å². The summed E-state index contributed by atoms with van der Waals surface area (Å²) in [6, 6.07) is 0.350. The Morgan fingerprint density at radius 2 is 2.28 bits per heavy atom. The Kier molecular flexibility index (Phi) is 4.56. The van der Waals surface area contributed by atoms with Crippen LogP contribution in [0.5, 0.6) is 0 Å². The molecule has 1 saturated heterocycles. The van der Waals surface area contributed by atoms with Gasteiger partial charge in [-0.3, -0.25) is 9.79 Å². The van der Waals surface area contributed by atoms with E-state index < -0.39 is 0 Å². The van der Waals surface area contributed by atoms with Crippen molar-refractivity contribution >= 4 is 12.1 Å². The van der Waals surface area contributed by atoms with Crippen LogP contribution in [-0.4, -0.2) is 29.6 Å². The number of hydrogen-bond donors (Lipinski definition) is 0. The number of rotatable bonds is 5. The van der Waals surface area contributed by atoms with Gasteiger partial charge in [0.1, 0.15) is 0 Å². The third kappa shape index (κ3) is 3.01. The minimum Gasteiger partial charge on any atom is -0.340 e. The van der Waals surface area contributed by atoms with Gasteiger partial charge in [0.05, 0.1) is 0 Å². The fourth-order valence-corrected chi connectivity index (χ4v) is 2.97. The smallest absolute Gasteiger partial charge is 0.222 e. The average Bonchev–Trinajstić information content (AvgIpc) is 2.83. The van der Waals surface area contributed by atoms with Gasteiger partial charge in [-0.15, -0.1) is 0 Å². The molecule has 0 bridgehead atoms. The van der Waals surface area contributed by atoms with Crippen molar-refractivity contribution in [3.8, 4) is 0 Å². The lowest BCUT2D eigenvalue weighted by Gasteiger charge is -2.28. The lowest BCUT2D eigenvalue weighted by Crippen LogP contribution is -2.35. The van der Waals surface area contributed by atoms with Gasteiger partial charge in [-0.05, 0) is 39.0 Å². The van der Waals surface area contributed by atoms with Crippen molar-refractivity contribution in [1.82, 2.24) is 4.90 Å². The van der Waals surface area contributed by atoms with E-state index in [0.29, 0.717) is 17.9 Å². The SMILES string of the molecule is CCC(CC(C)N1CCCC1=O)C1=CCCC=N1. The quantitative estimate of drug-likeness (QED) is 0.735. The van der Waals surface area contributed by atoms with Crippen LogP contribution < -0.4 is 0 Å². The van der Waals surface area contributed by atoms with Gasteiger partial charge < -0.3 is 4.90 Å². The van der Waals surface area contributed by atoms with Gasteiger partial charge in [-0.2, -0.15) is 0 Å². The van der Waals surface area contributed by atoms with Crippen LogP contribution in [0.15, 0.2) is 16.8 Å². The molecule has 0 aromatic heterocycles. The maximum atomic E-state index is 11.7. The second-order valence-electron chi connectivity index (χ2n) is 5.40. The highest BCUT2D eigenvalue weighted by Gasteiger charge is 2.27. The third-order valence-electron chi connectivity index (χ3n) is 4.07. The fourth-order valence-electron chi connectivity index (χ4n) is 2.97. The van der Waals surface area contributed by atoms with Gasteiger partial charge in [0, 0.05) is 36.8 Å². The largest absolute Gasteiger partial charge is 0.340 e. The van der Waals surface area contributed by atoms with E-state index in [1.807, 2.05) is 6.21 Å². The molecular formula is C15H24N2O. The number of carbonyl (C=O) groups is 1. The minimum absolute atomic E-state index is 0.332. The van der Waals surface area contributed by atoms with Crippen molar-refractivity contribution in [3.05, 3.63) is 11.8 Å². The van der Waals surface area contributed by atoms with Crippen molar-refractivity contribution in [2.24, 2.45) is 10.9 Å². The Hall–Kier alpha value is -1.12. The van der Waals surface area contributed by atoms with E-state index in [9.17, 15) is 4.79 Å². The summed E-state index contributed by atoms with van der Waals surface area (Å²) < 4.78 is 0. The molecule has 0 N–H and O–H groups in total. The van der Waals surface area contributed by atoms with Gasteiger partial charge in [-0.25, -0.2) is 0 Å². The predicted molar refractivity (Wildman–Crippen MR) is 74.6 cm³/mol. The lowest BCUT2D eigenvalue weighted by molar-refractivity contribution is -0.129. The van der Waals surface area contributed by atoms with Gasteiger partial charge in [0.25, 0.3) is 0 Å². The van der Waals surface area contributed by atoms with Gasteiger partial charge in [0.2, 0.25) is 5.91 Å². The predicted octanol–water partition coefficient (Wildman–Crippen LogP) is 3.16. The molecule has 2 aliphatic heterocycles. The molecule has 1 fully saturated rings. The second kappa shape index (κ2) is 6.17. The molecular weight excluding hydrogens is 224 g/mol. The molecule has 0 aromatic carbocycles. The summed E-state index contributed by atoms with van der Waals surface area (Å²) in [4.78, 5) is 18.3. The maximum absolute atomic E-state index is 11.7. The van der Waals surface area contributed by atoms with Gasteiger partial charge >= 0.3 is 0 Å². The van der Waals surface area contributed by atoms with Crippen molar-refractivity contribution in [1.29, 1.82) is 0 Å². The van der Waals surface area contributed by atoms with E-state index in [1.54, 1.807) is 0 Å². The van der Waals surface area contributed by atoms with Crippen LogP contribution in [0.4, 0.5) is 0 Å². The molecule has 0 saturated carbocycles. The summed E-state index contributed by atoms with van der Waals surface area (Å²) in [5.41, 5.74) is 1.24. The molecule has 0 aromatic rings. The zero-order valence-corrected chi connectivity index (χ0v) is 11.6. The molecule has 0 aliphatic carbocycles. The monoisotopic (exact) mass is 248 g/mol. The molecule has 3 heteroatoms. The van der Waals surface area contributed by atoms with Crippen LogP contribution in [0.3, 0.4) is 0 Å². The summed E-state index contributed by atoms with van der Waals surface area (Å²) in [6.07, 6.45) is 10.4. The standard InChI is InChI=1S/C15H24N2O/c1-3-13(14-7-4-5-9-16-14)11-12(2)17-10-6-8-15(17)18/h7,9,12-13H,3-6,8,10-11H2,1-2H3. The third-order valence-corrected chi connectivity index (χ3v) is 4.07. The first-order valence-electron chi connectivity index (χ1n) is 7.24. The summed E-state index contributed by atoms with van der Waals surface area (Å²) in [6.45, 7) is 5.34.